The van der Waals surface area contributed by atoms with Crippen molar-refractivity contribution in [2.24, 2.45) is 5.92 Å². The minimum Gasteiger partial charge on any atom is -0.361 e. The molecule has 0 aliphatic heterocycles. The second-order valence-corrected chi connectivity index (χ2v) is 5.15. The molecule has 0 unspecified atom stereocenters. The molecule has 0 saturated heterocycles. The first-order valence-corrected chi connectivity index (χ1v) is 6.28. The molecule has 0 aromatic carbocycles. The molecule has 3 nitrogen and oxygen atoms in total. The zero-order valence-corrected chi connectivity index (χ0v) is 11.8. The van der Waals surface area contributed by atoms with Crippen LogP contribution in [0.15, 0.2) is 10.1 Å². The Kier molecular flexibility index (Phi) is 4.94. The Hall–Kier alpha value is -1.09. The molecule has 0 atom stereocenters. The van der Waals surface area contributed by atoms with Gasteiger partial charge in [-0.15, -0.1) is 0 Å². The van der Waals surface area contributed by atoms with Crippen molar-refractivity contribution in [2.75, 3.05) is 6.54 Å². The van der Waals surface area contributed by atoms with Gasteiger partial charge in [0.15, 0.2) is 0 Å². The molecule has 96 valence electrons. The molecule has 1 heterocycles. The Morgan fingerprint density at radius 1 is 1.29 bits per heavy atom. The Morgan fingerprint density at radius 3 is 2.35 bits per heavy atom. The summed E-state index contributed by atoms with van der Waals surface area (Å²) >= 11 is 0. The average Bonchev–Trinajstić information content (AvgIpc) is 2.53. The maximum Gasteiger partial charge on any atom is 0.141 e. The highest BCUT2D eigenvalue weighted by atomic mass is 16.5. The lowest BCUT2D eigenvalue weighted by Gasteiger charge is -2.14. The fourth-order valence-electron chi connectivity index (χ4n) is 1.63. The van der Waals surface area contributed by atoms with E-state index in [1.54, 1.807) is 0 Å². The summed E-state index contributed by atoms with van der Waals surface area (Å²) in [5.74, 6) is 1.42. The van der Waals surface area contributed by atoms with Crippen molar-refractivity contribution in [3.8, 4) is 0 Å². The van der Waals surface area contributed by atoms with E-state index in [0.717, 1.165) is 23.6 Å². The maximum absolute atomic E-state index is 5.19. The summed E-state index contributed by atoms with van der Waals surface area (Å²) in [6, 6.07) is 0.502. The molecule has 0 saturated carbocycles. The summed E-state index contributed by atoms with van der Waals surface area (Å²) in [7, 11) is 0. The number of hydrogen-bond donors (Lipinski definition) is 1. The van der Waals surface area contributed by atoms with Gasteiger partial charge in [0.25, 0.3) is 0 Å². The molecule has 0 amide bonds. The lowest BCUT2D eigenvalue weighted by molar-refractivity contribution is 0.393. The highest BCUT2D eigenvalue weighted by molar-refractivity contribution is 5.57. The first-order valence-electron chi connectivity index (χ1n) is 6.28. The predicted octanol–water partition coefficient (Wildman–Crippen LogP) is 3.33. The monoisotopic (exact) mass is 236 g/mol. The van der Waals surface area contributed by atoms with Crippen molar-refractivity contribution in [3.63, 3.8) is 0 Å². The van der Waals surface area contributed by atoms with Crippen LogP contribution in [0.5, 0.6) is 0 Å². The van der Waals surface area contributed by atoms with Crippen molar-refractivity contribution in [1.29, 1.82) is 0 Å². The second-order valence-electron chi connectivity index (χ2n) is 5.15. The Bertz CT molecular complexity index is 369. The van der Waals surface area contributed by atoms with Crippen molar-refractivity contribution in [2.45, 2.75) is 47.6 Å². The molecule has 0 bridgehead atoms. The quantitative estimate of drug-likeness (QED) is 0.852. The highest BCUT2D eigenvalue weighted by Crippen LogP contribution is 2.19. The number of hydrogen-bond acceptors (Lipinski definition) is 3. The van der Waals surface area contributed by atoms with E-state index < -0.39 is 0 Å². The van der Waals surface area contributed by atoms with Gasteiger partial charge in [-0.1, -0.05) is 38.4 Å². The lowest BCUT2D eigenvalue weighted by Crippen LogP contribution is -2.26. The number of aromatic nitrogens is 1. The van der Waals surface area contributed by atoms with Gasteiger partial charge in [0.05, 0.1) is 5.69 Å². The zero-order valence-electron chi connectivity index (χ0n) is 11.8. The van der Waals surface area contributed by atoms with Crippen molar-refractivity contribution < 1.29 is 4.52 Å². The van der Waals surface area contributed by atoms with Crippen molar-refractivity contribution in [3.05, 3.63) is 22.6 Å². The third kappa shape index (κ3) is 4.00. The predicted molar refractivity (Wildman–Crippen MR) is 71.9 cm³/mol. The number of rotatable bonds is 5. The van der Waals surface area contributed by atoms with Gasteiger partial charge in [0.2, 0.25) is 0 Å². The van der Waals surface area contributed by atoms with Crippen LogP contribution in [0.3, 0.4) is 0 Å². The van der Waals surface area contributed by atoms with Crippen LogP contribution in [0, 0.1) is 19.8 Å². The average molecular weight is 236 g/mol. The molecule has 1 aromatic heterocycles. The smallest absolute Gasteiger partial charge is 0.141 e. The second kappa shape index (κ2) is 6.01. The number of aryl methyl sites for hydroxylation is 2. The first-order chi connectivity index (χ1) is 7.91. The molecular weight excluding hydrogens is 212 g/mol. The van der Waals surface area contributed by atoms with Crippen LogP contribution in [0.25, 0.3) is 6.08 Å². The summed E-state index contributed by atoms with van der Waals surface area (Å²) in [5, 5.41) is 7.44. The summed E-state index contributed by atoms with van der Waals surface area (Å²) < 4.78 is 5.19. The van der Waals surface area contributed by atoms with E-state index >= 15 is 0 Å². The molecule has 0 fully saturated rings. The van der Waals surface area contributed by atoms with Crippen molar-refractivity contribution >= 4 is 6.08 Å². The van der Waals surface area contributed by atoms with E-state index in [1.807, 2.05) is 13.8 Å². The van der Waals surface area contributed by atoms with Gasteiger partial charge >= 0.3 is 0 Å². The van der Waals surface area contributed by atoms with Gasteiger partial charge in [-0.05, 0) is 25.8 Å². The Morgan fingerprint density at radius 2 is 1.94 bits per heavy atom. The van der Waals surface area contributed by atoms with E-state index in [0.29, 0.717) is 12.0 Å². The number of nitrogens with zero attached hydrogens (tertiary/aromatic N) is 1. The lowest BCUT2D eigenvalue weighted by atomic mass is 9.99. The standard InChI is InChI=1S/C14H24N2O/c1-9(2)13(8-15-10(3)4)7-14-11(5)16-17-12(14)6/h7,9-10,15H,8H2,1-6H3. The molecular formula is C14H24N2O. The van der Waals surface area contributed by atoms with E-state index in [4.69, 9.17) is 4.52 Å². The van der Waals surface area contributed by atoms with E-state index in [9.17, 15) is 0 Å². The summed E-state index contributed by atoms with van der Waals surface area (Å²) in [6.45, 7) is 13.6. The largest absolute Gasteiger partial charge is 0.361 e. The topological polar surface area (TPSA) is 38.1 Å². The minimum absolute atomic E-state index is 0.502. The molecule has 1 rings (SSSR count). The van der Waals surface area contributed by atoms with Gasteiger partial charge in [-0.2, -0.15) is 0 Å². The summed E-state index contributed by atoms with van der Waals surface area (Å²) in [5.41, 5.74) is 3.47. The van der Waals surface area contributed by atoms with Gasteiger partial charge in [0.1, 0.15) is 5.76 Å². The molecule has 0 spiro atoms. The van der Waals surface area contributed by atoms with Gasteiger partial charge < -0.3 is 9.84 Å². The molecule has 0 aliphatic rings. The molecule has 1 aromatic rings. The van der Waals surface area contributed by atoms with E-state index in [1.165, 1.54) is 5.57 Å². The van der Waals surface area contributed by atoms with Crippen LogP contribution in [0.1, 0.15) is 44.7 Å². The number of nitrogens with one attached hydrogen (secondary N) is 1. The van der Waals surface area contributed by atoms with Crippen LogP contribution < -0.4 is 5.32 Å². The fraction of sp³-hybridized carbons (Fsp3) is 0.643. The van der Waals surface area contributed by atoms with Gasteiger partial charge in [0, 0.05) is 18.2 Å². The van der Waals surface area contributed by atoms with Crippen molar-refractivity contribution in [1.82, 2.24) is 10.5 Å². The van der Waals surface area contributed by atoms with Crippen LogP contribution in [-0.4, -0.2) is 17.7 Å². The van der Waals surface area contributed by atoms with Crippen LogP contribution in [0.4, 0.5) is 0 Å². The third-order valence-corrected chi connectivity index (χ3v) is 2.87. The zero-order chi connectivity index (χ0) is 13.0. The van der Waals surface area contributed by atoms with E-state index in [2.05, 4.69) is 44.2 Å². The Balaban J connectivity index is 2.90. The van der Waals surface area contributed by atoms with E-state index in [-0.39, 0.29) is 0 Å². The summed E-state index contributed by atoms with van der Waals surface area (Å²) in [4.78, 5) is 0. The van der Waals surface area contributed by atoms with Crippen LogP contribution >= 0.6 is 0 Å². The van der Waals surface area contributed by atoms with Gasteiger partial charge in [-0.3, -0.25) is 0 Å². The molecule has 17 heavy (non-hydrogen) atoms. The SMILES string of the molecule is Cc1noc(C)c1C=C(CNC(C)C)C(C)C. The third-order valence-electron chi connectivity index (χ3n) is 2.87. The Labute approximate surface area is 104 Å². The fourth-order valence-corrected chi connectivity index (χ4v) is 1.63. The molecule has 0 radical (unpaired) electrons. The molecule has 3 heteroatoms. The van der Waals surface area contributed by atoms with Gasteiger partial charge in [-0.25, -0.2) is 0 Å². The maximum atomic E-state index is 5.19. The molecule has 0 aliphatic carbocycles. The van der Waals surface area contributed by atoms with Crippen LogP contribution in [0.2, 0.25) is 0 Å². The normalized spacial score (nSPS) is 12.8. The minimum atomic E-state index is 0.502. The first kappa shape index (κ1) is 14.0. The van der Waals surface area contributed by atoms with Crippen LogP contribution in [-0.2, 0) is 0 Å². The summed E-state index contributed by atoms with van der Waals surface area (Å²) in [6.07, 6.45) is 2.21. The highest BCUT2D eigenvalue weighted by Gasteiger charge is 2.10. The molecule has 1 N–H and O–H groups in total.